The van der Waals surface area contributed by atoms with Crippen molar-refractivity contribution in [2.45, 2.75) is 19.5 Å². The second kappa shape index (κ2) is 5.38. The molecule has 0 bridgehead atoms. The summed E-state index contributed by atoms with van der Waals surface area (Å²) in [5.74, 6) is 0. The summed E-state index contributed by atoms with van der Waals surface area (Å²) in [6.07, 6.45) is 0. The average Bonchev–Trinajstić information content (AvgIpc) is 2.49. The van der Waals surface area contributed by atoms with Crippen molar-refractivity contribution >= 4 is 16.6 Å². The molecule has 0 amide bonds. The highest BCUT2D eigenvalue weighted by molar-refractivity contribution is 5.92. The SMILES string of the molecule is CC1CN(c2cc(CN)nc3ccccc23)CCN1C. The molecule has 106 valence electrons. The van der Waals surface area contributed by atoms with Gasteiger partial charge in [-0.2, -0.15) is 0 Å². The first-order valence-corrected chi connectivity index (χ1v) is 7.23. The van der Waals surface area contributed by atoms with Gasteiger partial charge in [-0.15, -0.1) is 0 Å². The van der Waals surface area contributed by atoms with Crippen molar-refractivity contribution in [3.8, 4) is 0 Å². The summed E-state index contributed by atoms with van der Waals surface area (Å²) in [6.45, 7) is 5.96. The van der Waals surface area contributed by atoms with Crippen LogP contribution in [-0.2, 0) is 6.54 Å². The number of benzene rings is 1. The molecule has 0 radical (unpaired) electrons. The van der Waals surface area contributed by atoms with Gasteiger partial charge in [-0.1, -0.05) is 18.2 Å². The maximum atomic E-state index is 5.80. The quantitative estimate of drug-likeness (QED) is 0.904. The molecule has 1 aromatic carbocycles. The van der Waals surface area contributed by atoms with Gasteiger partial charge in [-0.05, 0) is 26.1 Å². The van der Waals surface area contributed by atoms with Gasteiger partial charge in [0.05, 0.1) is 11.2 Å². The molecule has 1 unspecified atom stereocenters. The van der Waals surface area contributed by atoms with E-state index in [1.165, 1.54) is 11.1 Å². The highest BCUT2D eigenvalue weighted by atomic mass is 15.3. The Morgan fingerprint density at radius 3 is 2.85 bits per heavy atom. The molecule has 2 aromatic rings. The number of pyridine rings is 1. The molecule has 2 heterocycles. The maximum absolute atomic E-state index is 5.80. The predicted molar refractivity (Wildman–Crippen MR) is 83.9 cm³/mol. The zero-order valence-corrected chi connectivity index (χ0v) is 12.2. The van der Waals surface area contributed by atoms with Gasteiger partial charge in [0.2, 0.25) is 0 Å². The summed E-state index contributed by atoms with van der Waals surface area (Å²) in [5, 5.41) is 1.22. The molecule has 1 fully saturated rings. The summed E-state index contributed by atoms with van der Waals surface area (Å²) in [6, 6.07) is 11.1. The number of anilines is 1. The number of fused-ring (bicyclic) bond motifs is 1. The molecule has 1 atom stereocenters. The highest BCUT2D eigenvalue weighted by Crippen LogP contribution is 2.28. The fourth-order valence-corrected chi connectivity index (χ4v) is 2.84. The Morgan fingerprint density at radius 1 is 1.30 bits per heavy atom. The number of rotatable bonds is 2. The number of hydrogen-bond donors (Lipinski definition) is 1. The third-order valence-corrected chi connectivity index (χ3v) is 4.26. The van der Waals surface area contributed by atoms with Gasteiger partial charge in [-0.25, -0.2) is 0 Å². The summed E-state index contributed by atoms with van der Waals surface area (Å²) in [4.78, 5) is 9.49. The van der Waals surface area contributed by atoms with Crippen LogP contribution in [0.25, 0.3) is 10.9 Å². The monoisotopic (exact) mass is 270 g/mol. The van der Waals surface area contributed by atoms with E-state index in [0.29, 0.717) is 12.6 Å². The number of nitrogens with zero attached hydrogens (tertiary/aromatic N) is 3. The smallest absolute Gasteiger partial charge is 0.0726 e. The molecule has 20 heavy (non-hydrogen) atoms. The van der Waals surface area contributed by atoms with Gasteiger partial charge in [0.25, 0.3) is 0 Å². The minimum absolute atomic E-state index is 0.487. The van der Waals surface area contributed by atoms with Gasteiger partial charge >= 0.3 is 0 Å². The fourth-order valence-electron chi connectivity index (χ4n) is 2.84. The van der Waals surface area contributed by atoms with E-state index in [4.69, 9.17) is 5.73 Å². The van der Waals surface area contributed by atoms with Crippen molar-refractivity contribution < 1.29 is 0 Å². The van der Waals surface area contributed by atoms with Gasteiger partial charge in [0.15, 0.2) is 0 Å². The van der Waals surface area contributed by atoms with Crippen molar-refractivity contribution in [3.05, 3.63) is 36.0 Å². The number of likely N-dealkylation sites (N-methyl/N-ethyl adjacent to an activating group) is 1. The van der Waals surface area contributed by atoms with E-state index in [-0.39, 0.29) is 0 Å². The lowest BCUT2D eigenvalue weighted by Crippen LogP contribution is -2.50. The van der Waals surface area contributed by atoms with Crippen LogP contribution in [0.5, 0.6) is 0 Å². The Hall–Kier alpha value is -1.65. The van der Waals surface area contributed by atoms with E-state index in [1.807, 2.05) is 6.07 Å². The standard InChI is InChI=1S/C16H22N4/c1-12-11-20(8-7-19(12)2)16-9-13(10-17)18-15-6-4-3-5-14(15)16/h3-6,9,12H,7-8,10-11,17H2,1-2H3. The van der Waals surface area contributed by atoms with Crippen LogP contribution >= 0.6 is 0 Å². The third kappa shape index (κ3) is 2.37. The van der Waals surface area contributed by atoms with Gasteiger partial charge in [0, 0.05) is 43.3 Å². The van der Waals surface area contributed by atoms with Crippen molar-refractivity contribution in [2.75, 3.05) is 31.6 Å². The molecule has 2 N–H and O–H groups in total. The zero-order valence-electron chi connectivity index (χ0n) is 12.2. The van der Waals surface area contributed by atoms with E-state index in [1.54, 1.807) is 0 Å². The van der Waals surface area contributed by atoms with Gasteiger partial charge in [-0.3, -0.25) is 4.98 Å². The van der Waals surface area contributed by atoms with Crippen LogP contribution in [0.2, 0.25) is 0 Å². The summed E-state index contributed by atoms with van der Waals surface area (Å²) in [5.41, 5.74) is 9.08. The lowest BCUT2D eigenvalue weighted by atomic mass is 10.1. The maximum Gasteiger partial charge on any atom is 0.0726 e. The van der Waals surface area contributed by atoms with Crippen molar-refractivity contribution in [3.63, 3.8) is 0 Å². The van der Waals surface area contributed by atoms with E-state index < -0.39 is 0 Å². The van der Waals surface area contributed by atoms with Crippen molar-refractivity contribution in [1.82, 2.24) is 9.88 Å². The van der Waals surface area contributed by atoms with Crippen LogP contribution in [0.1, 0.15) is 12.6 Å². The molecule has 4 nitrogen and oxygen atoms in total. The average molecular weight is 270 g/mol. The topological polar surface area (TPSA) is 45.4 Å². The van der Waals surface area contributed by atoms with Crippen LogP contribution in [-0.4, -0.2) is 42.6 Å². The van der Waals surface area contributed by atoms with E-state index in [2.05, 4.69) is 53.0 Å². The van der Waals surface area contributed by atoms with Crippen LogP contribution in [0.4, 0.5) is 5.69 Å². The highest BCUT2D eigenvalue weighted by Gasteiger charge is 2.22. The van der Waals surface area contributed by atoms with Crippen molar-refractivity contribution in [2.24, 2.45) is 5.73 Å². The first-order chi connectivity index (χ1) is 9.69. The Morgan fingerprint density at radius 2 is 2.10 bits per heavy atom. The zero-order chi connectivity index (χ0) is 14.1. The van der Waals surface area contributed by atoms with Crippen LogP contribution < -0.4 is 10.6 Å². The normalized spacial score (nSPS) is 20.6. The molecule has 0 saturated carbocycles. The first-order valence-electron chi connectivity index (χ1n) is 7.23. The lowest BCUT2D eigenvalue weighted by molar-refractivity contribution is 0.234. The van der Waals surface area contributed by atoms with Crippen molar-refractivity contribution in [1.29, 1.82) is 0 Å². The Bertz CT molecular complexity index is 610. The summed E-state index contributed by atoms with van der Waals surface area (Å²) < 4.78 is 0. The molecule has 3 rings (SSSR count). The number of nitrogens with two attached hydrogens (primary N) is 1. The number of para-hydroxylation sites is 1. The number of hydrogen-bond acceptors (Lipinski definition) is 4. The Labute approximate surface area is 120 Å². The first kappa shape index (κ1) is 13.3. The van der Waals surface area contributed by atoms with Crippen LogP contribution in [0.15, 0.2) is 30.3 Å². The summed E-state index contributed by atoms with van der Waals surface area (Å²) >= 11 is 0. The molecule has 0 spiro atoms. The molecule has 1 saturated heterocycles. The molecule has 1 aliphatic rings. The van der Waals surface area contributed by atoms with E-state index in [9.17, 15) is 0 Å². The van der Waals surface area contributed by atoms with Crippen LogP contribution in [0.3, 0.4) is 0 Å². The second-order valence-corrected chi connectivity index (χ2v) is 5.63. The number of aromatic nitrogens is 1. The second-order valence-electron chi connectivity index (χ2n) is 5.63. The largest absolute Gasteiger partial charge is 0.368 e. The molecule has 1 aliphatic heterocycles. The van der Waals surface area contributed by atoms with Gasteiger partial charge in [0.1, 0.15) is 0 Å². The molecular formula is C16H22N4. The molecular weight excluding hydrogens is 248 g/mol. The minimum atomic E-state index is 0.487. The molecule has 4 heteroatoms. The minimum Gasteiger partial charge on any atom is -0.368 e. The van der Waals surface area contributed by atoms with Gasteiger partial charge < -0.3 is 15.5 Å². The Kier molecular flexibility index (Phi) is 3.59. The van der Waals surface area contributed by atoms with Crippen LogP contribution in [0, 0.1) is 0 Å². The molecule has 0 aliphatic carbocycles. The lowest BCUT2D eigenvalue weighted by Gasteiger charge is -2.39. The summed E-state index contributed by atoms with van der Waals surface area (Å²) in [7, 11) is 2.19. The van der Waals surface area contributed by atoms with E-state index in [0.717, 1.165) is 30.8 Å². The fraction of sp³-hybridized carbons (Fsp3) is 0.438. The molecule has 1 aromatic heterocycles. The Balaban J connectivity index is 2.05. The number of piperazine rings is 1. The third-order valence-electron chi connectivity index (χ3n) is 4.26. The predicted octanol–water partition coefficient (Wildman–Crippen LogP) is 1.83. The van der Waals surface area contributed by atoms with E-state index >= 15 is 0 Å².